The molecule has 0 spiro atoms. The van der Waals surface area contributed by atoms with Gasteiger partial charge in [0.05, 0.1) is 5.52 Å². The van der Waals surface area contributed by atoms with Crippen LogP contribution in [-0.4, -0.2) is 21.2 Å². The number of phenols is 1. The Balaban J connectivity index is 1.97. The number of hydrogen-bond donors (Lipinski definition) is 3. The summed E-state index contributed by atoms with van der Waals surface area (Å²) in [5.41, 5.74) is 2.02. The third-order valence-electron chi connectivity index (χ3n) is 4.84. The summed E-state index contributed by atoms with van der Waals surface area (Å²) in [6, 6.07) is 19.2. The van der Waals surface area contributed by atoms with Gasteiger partial charge in [0.1, 0.15) is 11.3 Å². The quantitative estimate of drug-likeness (QED) is 0.378. The van der Waals surface area contributed by atoms with Crippen LogP contribution in [-0.2, 0) is 0 Å². The molecule has 0 aliphatic carbocycles. The summed E-state index contributed by atoms with van der Waals surface area (Å²) in [6.07, 6.45) is 0. The van der Waals surface area contributed by atoms with E-state index in [9.17, 15) is 15.0 Å². The molecule has 4 heteroatoms. The zero-order valence-electron chi connectivity index (χ0n) is 13.1. The highest BCUT2D eigenvalue weighted by Gasteiger charge is 2.14. The van der Waals surface area contributed by atoms with Crippen LogP contribution in [0.1, 0.15) is 10.4 Å². The number of carboxylic acid groups (broad SMARTS) is 1. The van der Waals surface area contributed by atoms with Gasteiger partial charge in [-0.2, -0.15) is 0 Å². The molecule has 0 aliphatic heterocycles. The second kappa shape index (κ2) is 4.74. The number of nitrogens with one attached hydrogen (secondary N) is 1. The Morgan fingerprint density at radius 1 is 0.800 bits per heavy atom. The topological polar surface area (TPSA) is 73.3 Å². The van der Waals surface area contributed by atoms with Crippen LogP contribution in [0, 0.1) is 0 Å². The Bertz CT molecular complexity index is 1330. The summed E-state index contributed by atoms with van der Waals surface area (Å²) in [5.74, 6) is -1.35. The van der Waals surface area contributed by atoms with E-state index in [4.69, 9.17) is 0 Å². The first-order valence-electron chi connectivity index (χ1n) is 7.95. The number of para-hydroxylation sites is 1. The van der Waals surface area contributed by atoms with Crippen molar-refractivity contribution >= 4 is 49.3 Å². The number of hydrogen-bond acceptors (Lipinski definition) is 2. The summed E-state index contributed by atoms with van der Waals surface area (Å²) < 4.78 is 0. The predicted molar refractivity (Wildman–Crippen MR) is 99.4 cm³/mol. The zero-order chi connectivity index (χ0) is 17.1. The summed E-state index contributed by atoms with van der Waals surface area (Å²) in [7, 11) is 0. The van der Waals surface area contributed by atoms with Crippen molar-refractivity contribution < 1.29 is 15.0 Å². The van der Waals surface area contributed by atoms with Crippen molar-refractivity contribution in [1.29, 1.82) is 0 Å². The molecule has 0 saturated carbocycles. The van der Waals surface area contributed by atoms with Crippen LogP contribution in [0.25, 0.3) is 43.4 Å². The van der Waals surface area contributed by atoms with Crippen molar-refractivity contribution in [3.63, 3.8) is 0 Å². The van der Waals surface area contributed by atoms with E-state index in [0.29, 0.717) is 0 Å². The molecule has 5 rings (SSSR count). The maximum Gasteiger partial charge on any atom is 0.339 e. The van der Waals surface area contributed by atoms with E-state index in [1.54, 1.807) is 6.07 Å². The van der Waals surface area contributed by atoms with Gasteiger partial charge in [0.15, 0.2) is 0 Å². The highest BCUT2D eigenvalue weighted by atomic mass is 16.4. The van der Waals surface area contributed by atoms with Crippen LogP contribution in [0.4, 0.5) is 0 Å². The Morgan fingerprint density at radius 3 is 2.36 bits per heavy atom. The number of benzene rings is 4. The van der Waals surface area contributed by atoms with Crippen molar-refractivity contribution in [2.24, 2.45) is 0 Å². The van der Waals surface area contributed by atoms with Crippen LogP contribution in [0.15, 0.2) is 60.7 Å². The second-order valence-corrected chi connectivity index (χ2v) is 6.22. The Kier molecular flexibility index (Phi) is 2.63. The van der Waals surface area contributed by atoms with Crippen molar-refractivity contribution in [3.05, 3.63) is 66.2 Å². The SMILES string of the molecule is O=C(O)c1cc2c(ccc3c2ccc2c4ccccc4[nH]c23)cc1O. The fourth-order valence-electron chi connectivity index (χ4n) is 3.67. The summed E-state index contributed by atoms with van der Waals surface area (Å²) >= 11 is 0. The lowest BCUT2D eigenvalue weighted by atomic mass is 9.97. The van der Waals surface area contributed by atoms with Crippen molar-refractivity contribution in [2.45, 2.75) is 0 Å². The maximum atomic E-state index is 11.4. The average molecular weight is 327 g/mol. The van der Waals surface area contributed by atoms with E-state index in [2.05, 4.69) is 17.1 Å². The third kappa shape index (κ3) is 1.85. The maximum absolute atomic E-state index is 11.4. The minimum atomic E-state index is -1.14. The summed E-state index contributed by atoms with van der Waals surface area (Å²) in [6.45, 7) is 0. The van der Waals surface area contributed by atoms with Crippen LogP contribution < -0.4 is 0 Å². The number of fused-ring (bicyclic) bond motifs is 7. The van der Waals surface area contributed by atoms with Crippen LogP contribution in [0.3, 0.4) is 0 Å². The minimum Gasteiger partial charge on any atom is -0.507 e. The van der Waals surface area contributed by atoms with Gasteiger partial charge in [0.2, 0.25) is 0 Å². The molecule has 0 aliphatic rings. The average Bonchev–Trinajstić information content (AvgIpc) is 2.99. The number of aromatic nitrogens is 1. The molecule has 4 aromatic carbocycles. The number of H-pyrrole nitrogens is 1. The van der Waals surface area contributed by atoms with E-state index in [1.165, 1.54) is 6.07 Å². The largest absolute Gasteiger partial charge is 0.507 e. The van der Waals surface area contributed by atoms with E-state index < -0.39 is 5.97 Å². The number of aromatic amines is 1. The molecule has 0 unspecified atom stereocenters. The second-order valence-electron chi connectivity index (χ2n) is 6.22. The Hall–Kier alpha value is -3.53. The number of aromatic hydroxyl groups is 1. The smallest absolute Gasteiger partial charge is 0.339 e. The monoisotopic (exact) mass is 327 g/mol. The molecule has 1 aromatic heterocycles. The Labute approximate surface area is 141 Å². The highest BCUT2D eigenvalue weighted by Crippen LogP contribution is 2.36. The first-order chi connectivity index (χ1) is 12.1. The lowest BCUT2D eigenvalue weighted by molar-refractivity contribution is 0.0694. The van der Waals surface area contributed by atoms with Gasteiger partial charge in [0, 0.05) is 21.7 Å². The van der Waals surface area contributed by atoms with Gasteiger partial charge in [-0.15, -0.1) is 0 Å². The third-order valence-corrected chi connectivity index (χ3v) is 4.84. The predicted octanol–water partition coefficient (Wildman–Crippen LogP) is 5.03. The van der Waals surface area contributed by atoms with Gasteiger partial charge >= 0.3 is 5.97 Å². The first kappa shape index (κ1) is 13.9. The molecule has 0 atom stereocenters. The van der Waals surface area contributed by atoms with Crippen LogP contribution >= 0.6 is 0 Å². The molecule has 0 fully saturated rings. The van der Waals surface area contributed by atoms with Crippen LogP contribution in [0.5, 0.6) is 5.75 Å². The molecular formula is C21H13NO3. The molecule has 120 valence electrons. The minimum absolute atomic E-state index is 0.0863. The molecule has 3 N–H and O–H groups in total. The van der Waals surface area contributed by atoms with Gasteiger partial charge in [0.25, 0.3) is 0 Å². The zero-order valence-corrected chi connectivity index (χ0v) is 13.1. The van der Waals surface area contributed by atoms with Crippen molar-refractivity contribution in [3.8, 4) is 5.75 Å². The molecular weight excluding hydrogens is 314 g/mol. The molecule has 0 saturated heterocycles. The fourth-order valence-corrected chi connectivity index (χ4v) is 3.67. The lowest BCUT2D eigenvalue weighted by Gasteiger charge is -2.08. The fraction of sp³-hybridized carbons (Fsp3) is 0. The molecule has 4 nitrogen and oxygen atoms in total. The number of carboxylic acids is 1. The van der Waals surface area contributed by atoms with Gasteiger partial charge in [-0.25, -0.2) is 4.79 Å². The molecule has 1 heterocycles. The standard InChI is InChI=1S/C21H13NO3/c23-19-9-11-5-6-14-12(16(11)10-17(19)21(24)25)7-8-15-13-3-1-2-4-18(13)22-20(14)15/h1-10,22-23H,(H,24,25). The molecule has 0 radical (unpaired) electrons. The summed E-state index contributed by atoms with van der Waals surface area (Å²) in [4.78, 5) is 14.8. The van der Waals surface area contributed by atoms with Gasteiger partial charge in [-0.05, 0) is 34.4 Å². The normalized spacial score (nSPS) is 11.7. The van der Waals surface area contributed by atoms with Crippen molar-refractivity contribution in [2.75, 3.05) is 0 Å². The van der Waals surface area contributed by atoms with E-state index >= 15 is 0 Å². The first-order valence-corrected chi connectivity index (χ1v) is 7.95. The van der Waals surface area contributed by atoms with Gasteiger partial charge < -0.3 is 15.2 Å². The lowest BCUT2D eigenvalue weighted by Crippen LogP contribution is -1.96. The number of aromatic carboxylic acids is 1. The van der Waals surface area contributed by atoms with E-state index in [0.717, 1.165) is 43.4 Å². The van der Waals surface area contributed by atoms with E-state index in [-0.39, 0.29) is 11.3 Å². The molecule has 25 heavy (non-hydrogen) atoms. The van der Waals surface area contributed by atoms with Crippen molar-refractivity contribution in [1.82, 2.24) is 4.98 Å². The van der Waals surface area contributed by atoms with Crippen LogP contribution in [0.2, 0.25) is 0 Å². The number of carbonyl (C=O) groups is 1. The summed E-state index contributed by atoms with van der Waals surface area (Å²) in [5, 5.41) is 25.1. The number of rotatable bonds is 1. The highest BCUT2D eigenvalue weighted by molar-refractivity contribution is 6.22. The Morgan fingerprint density at radius 2 is 1.52 bits per heavy atom. The molecule has 0 amide bonds. The van der Waals surface area contributed by atoms with Gasteiger partial charge in [-0.1, -0.05) is 42.5 Å². The van der Waals surface area contributed by atoms with Gasteiger partial charge in [-0.3, -0.25) is 0 Å². The molecule has 0 bridgehead atoms. The van der Waals surface area contributed by atoms with E-state index in [1.807, 2.05) is 36.4 Å². The molecule has 5 aromatic rings.